The number of hydrogen-bond donors (Lipinski definition) is 0. The van der Waals surface area contributed by atoms with Crippen LogP contribution in [-0.4, -0.2) is 26.4 Å². The number of rotatable bonds is 6. The molecule has 0 saturated carbocycles. The molecule has 0 aliphatic heterocycles. The molecule has 0 bridgehead atoms. The van der Waals surface area contributed by atoms with E-state index in [1.807, 2.05) is 53.6 Å². The van der Waals surface area contributed by atoms with Gasteiger partial charge in [-0.3, -0.25) is 9.97 Å². The van der Waals surface area contributed by atoms with Crippen LogP contribution >= 0.6 is 0 Å². The first-order valence-electron chi connectivity index (χ1n) is 8.82. The zero-order chi connectivity index (χ0) is 17.8. The standard InChI is InChI=1S/C21H20N4O/c1-2-3-11-26-18-6-7-21-20(12-18)19(8-10-23-21)16-13-24-25(15-16)17-5-4-9-22-14-17/h4-10,12-15H,2-3,11H2,1H3. The third-order valence-corrected chi connectivity index (χ3v) is 4.28. The van der Waals surface area contributed by atoms with Crippen molar-refractivity contribution < 1.29 is 4.74 Å². The minimum absolute atomic E-state index is 0.733. The van der Waals surface area contributed by atoms with E-state index in [0.717, 1.165) is 52.9 Å². The van der Waals surface area contributed by atoms with Crippen LogP contribution in [0.5, 0.6) is 5.75 Å². The quantitative estimate of drug-likeness (QED) is 0.477. The first kappa shape index (κ1) is 16.3. The third-order valence-electron chi connectivity index (χ3n) is 4.28. The van der Waals surface area contributed by atoms with Gasteiger partial charge in [0.1, 0.15) is 5.75 Å². The van der Waals surface area contributed by atoms with Gasteiger partial charge in [0.2, 0.25) is 0 Å². The van der Waals surface area contributed by atoms with Gasteiger partial charge in [-0.15, -0.1) is 0 Å². The average Bonchev–Trinajstić information content (AvgIpc) is 3.18. The van der Waals surface area contributed by atoms with Crippen LogP contribution in [0.4, 0.5) is 0 Å². The second-order valence-corrected chi connectivity index (χ2v) is 6.12. The maximum absolute atomic E-state index is 5.86. The third kappa shape index (κ3) is 3.28. The highest BCUT2D eigenvalue weighted by atomic mass is 16.5. The number of pyridine rings is 2. The molecule has 0 unspecified atom stereocenters. The molecule has 26 heavy (non-hydrogen) atoms. The predicted octanol–water partition coefficient (Wildman–Crippen LogP) is 4.66. The molecule has 0 amide bonds. The zero-order valence-corrected chi connectivity index (χ0v) is 14.7. The summed E-state index contributed by atoms with van der Waals surface area (Å²) in [6.07, 6.45) is 11.4. The summed E-state index contributed by atoms with van der Waals surface area (Å²) in [7, 11) is 0. The fourth-order valence-corrected chi connectivity index (χ4v) is 2.89. The van der Waals surface area contributed by atoms with Crippen LogP contribution < -0.4 is 4.74 Å². The second kappa shape index (κ2) is 7.35. The van der Waals surface area contributed by atoms with E-state index in [2.05, 4.69) is 28.1 Å². The lowest BCUT2D eigenvalue weighted by Gasteiger charge is -2.08. The van der Waals surface area contributed by atoms with Crippen LogP contribution in [0.2, 0.25) is 0 Å². The largest absolute Gasteiger partial charge is 0.494 e. The molecule has 130 valence electrons. The van der Waals surface area contributed by atoms with E-state index < -0.39 is 0 Å². The van der Waals surface area contributed by atoms with Gasteiger partial charge in [0.25, 0.3) is 0 Å². The molecule has 0 saturated heterocycles. The number of ether oxygens (including phenoxy) is 1. The van der Waals surface area contributed by atoms with Crippen molar-refractivity contribution in [2.75, 3.05) is 6.61 Å². The predicted molar refractivity (Wildman–Crippen MR) is 102 cm³/mol. The first-order valence-corrected chi connectivity index (χ1v) is 8.82. The zero-order valence-electron chi connectivity index (χ0n) is 14.7. The van der Waals surface area contributed by atoms with E-state index in [0.29, 0.717) is 0 Å². The van der Waals surface area contributed by atoms with Crippen molar-refractivity contribution in [2.24, 2.45) is 0 Å². The molecule has 5 heteroatoms. The highest BCUT2D eigenvalue weighted by molar-refractivity contribution is 5.94. The Hall–Kier alpha value is -3.21. The van der Waals surface area contributed by atoms with Crippen molar-refractivity contribution in [2.45, 2.75) is 19.8 Å². The number of unbranched alkanes of at least 4 members (excludes halogenated alkanes) is 1. The van der Waals surface area contributed by atoms with E-state index in [-0.39, 0.29) is 0 Å². The van der Waals surface area contributed by atoms with Crippen LogP contribution in [0.25, 0.3) is 27.7 Å². The molecule has 4 rings (SSSR count). The van der Waals surface area contributed by atoms with Gasteiger partial charge in [-0.2, -0.15) is 5.10 Å². The highest BCUT2D eigenvalue weighted by Crippen LogP contribution is 2.30. The Morgan fingerprint density at radius 3 is 2.88 bits per heavy atom. The fraction of sp³-hybridized carbons (Fsp3) is 0.190. The van der Waals surface area contributed by atoms with E-state index in [9.17, 15) is 0 Å². The summed E-state index contributed by atoms with van der Waals surface area (Å²) in [5.41, 5.74) is 4.00. The van der Waals surface area contributed by atoms with Crippen LogP contribution in [-0.2, 0) is 0 Å². The molecule has 0 fully saturated rings. The Kier molecular flexibility index (Phi) is 4.60. The van der Waals surface area contributed by atoms with Gasteiger partial charge in [0.15, 0.2) is 0 Å². The summed E-state index contributed by atoms with van der Waals surface area (Å²) in [6.45, 7) is 2.89. The maximum atomic E-state index is 5.86. The van der Waals surface area contributed by atoms with Gasteiger partial charge in [-0.05, 0) is 48.4 Å². The number of nitrogens with zero attached hydrogens (tertiary/aromatic N) is 4. The molecule has 0 atom stereocenters. The summed E-state index contributed by atoms with van der Waals surface area (Å²) in [6, 6.07) is 11.9. The van der Waals surface area contributed by atoms with Crippen LogP contribution in [0.1, 0.15) is 19.8 Å². The summed E-state index contributed by atoms with van der Waals surface area (Å²) in [5, 5.41) is 5.54. The molecule has 1 aromatic carbocycles. The van der Waals surface area contributed by atoms with Gasteiger partial charge in [0, 0.05) is 29.5 Å². The number of benzene rings is 1. The lowest BCUT2D eigenvalue weighted by molar-refractivity contribution is 0.310. The van der Waals surface area contributed by atoms with Crippen LogP contribution in [0.15, 0.2) is 67.4 Å². The van der Waals surface area contributed by atoms with Gasteiger partial charge in [-0.1, -0.05) is 13.3 Å². The van der Waals surface area contributed by atoms with Crippen LogP contribution in [0.3, 0.4) is 0 Å². The molecule has 0 aliphatic carbocycles. The molecule has 0 spiro atoms. The van der Waals surface area contributed by atoms with Crippen molar-refractivity contribution in [3.05, 3.63) is 67.4 Å². The Morgan fingerprint density at radius 1 is 1.08 bits per heavy atom. The summed E-state index contributed by atoms with van der Waals surface area (Å²) >= 11 is 0. The molecule has 5 nitrogen and oxygen atoms in total. The van der Waals surface area contributed by atoms with Crippen molar-refractivity contribution in [3.8, 4) is 22.6 Å². The molecule has 3 aromatic heterocycles. The minimum atomic E-state index is 0.733. The average molecular weight is 344 g/mol. The van der Waals surface area contributed by atoms with Gasteiger partial charge in [-0.25, -0.2) is 4.68 Å². The SMILES string of the molecule is CCCCOc1ccc2nccc(-c3cnn(-c4cccnc4)c3)c2c1. The second-order valence-electron chi connectivity index (χ2n) is 6.12. The normalized spacial score (nSPS) is 11.0. The van der Waals surface area contributed by atoms with Crippen molar-refractivity contribution in [3.63, 3.8) is 0 Å². The van der Waals surface area contributed by atoms with E-state index >= 15 is 0 Å². The summed E-state index contributed by atoms with van der Waals surface area (Å²) in [5.74, 6) is 0.875. The molecular formula is C21H20N4O. The van der Waals surface area contributed by atoms with Gasteiger partial charge in [0.05, 0.1) is 30.2 Å². The van der Waals surface area contributed by atoms with E-state index in [1.54, 1.807) is 12.4 Å². The fourth-order valence-electron chi connectivity index (χ4n) is 2.89. The van der Waals surface area contributed by atoms with Crippen molar-refractivity contribution in [1.82, 2.24) is 19.7 Å². The smallest absolute Gasteiger partial charge is 0.120 e. The summed E-state index contributed by atoms with van der Waals surface area (Å²) < 4.78 is 7.69. The van der Waals surface area contributed by atoms with E-state index in [1.165, 1.54) is 0 Å². The molecule has 0 radical (unpaired) electrons. The minimum Gasteiger partial charge on any atom is -0.494 e. The molecule has 0 N–H and O–H groups in total. The highest BCUT2D eigenvalue weighted by Gasteiger charge is 2.09. The Labute approximate surface area is 152 Å². The lowest BCUT2D eigenvalue weighted by Crippen LogP contribution is -1.96. The molecular weight excluding hydrogens is 324 g/mol. The molecule has 4 aromatic rings. The number of fused-ring (bicyclic) bond motifs is 1. The Balaban J connectivity index is 1.72. The van der Waals surface area contributed by atoms with Crippen molar-refractivity contribution in [1.29, 1.82) is 0 Å². The van der Waals surface area contributed by atoms with Gasteiger partial charge < -0.3 is 4.74 Å². The monoisotopic (exact) mass is 344 g/mol. The van der Waals surface area contributed by atoms with Crippen molar-refractivity contribution >= 4 is 10.9 Å². The van der Waals surface area contributed by atoms with Crippen LogP contribution in [0, 0.1) is 0 Å². The molecule has 0 aliphatic rings. The first-order chi connectivity index (χ1) is 12.8. The maximum Gasteiger partial charge on any atom is 0.120 e. The molecule has 3 heterocycles. The van der Waals surface area contributed by atoms with Gasteiger partial charge >= 0.3 is 0 Å². The Bertz CT molecular complexity index is 1010. The van der Waals surface area contributed by atoms with E-state index in [4.69, 9.17) is 4.74 Å². The number of hydrogen-bond acceptors (Lipinski definition) is 4. The number of aromatic nitrogens is 4. The topological polar surface area (TPSA) is 52.8 Å². The lowest BCUT2D eigenvalue weighted by atomic mass is 10.0. The Morgan fingerprint density at radius 2 is 2.04 bits per heavy atom. The summed E-state index contributed by atoms with van der Waals surface area (Å²) in [4.78, 5) is 8.63.